The van der Waals surface area contributed by atoms with Gasteiger partial charge in [0.15, 0.2) is 0 Å². The van der Waals surface area contributed by atoms with Gasteiger partial charge in [0.2, 0.25) is 0 Å². The van der Waals surface area contributed by atoms with Gasteiger partial charge in [0.05, 0.1) is 11.7 Å². The van der Waals surface area contributed by atoms with Crippen LogP contribution in [0.2, 0.25) is 0 Å². The second-order valence-corrected chi connectivity index (χ2v) is 7.49. The molecule has 3 atom stereocenters. The molecule has 0 saturated carbocycles. The summed E-state index contributed by atoms with van der Waals surface area (Å²) in [5, 5.41) is 20.8. The number of hydrogen-bond acceptors (Lipinski definition) is 4. The van der Waals surface area contributed by atoms with Crippen LogP contribution in [0.4, 0.5) is 0 Å². The first-order chi connectivity index (χ1) is 11.2. The molecule has 0 spiro atoms. The SMILES string of the molecule is CC1=C2CC/C(C)=C/CC[C@](C)(O)[C@@H](O)CC/C(C)=C/[C@@H]2OC1=O. The molecule has 2 aliphatic rings. The van der Waals surface area contributed by atoms with Crippen molar-refractivity contribution in [2.45, 2.75) is 84.0 Å². The molecule has 1 heterocycles. The Balaban J connectivity index is 2.25. The molecule has 0 fully saturated rings. The highest BCUT2D eigenvalue weighted by molar-refractivity contribution is 5.92. The summed E-state index contributed by atoms with van der Waals surface area (Å²) in [5.74, 6) is -0.229. The Morgan fingerprint density at radius 3 is 2.58 bits per heavy atom. The van der Waals surface area contributed by atoms with Crippen molar-refractivity contribution in [2.75, 3.05) is 0 Å². The first-order valence-corrected chi connectivity index (χ1v) is 8.84. The van der Waals surface area contributed by atoms with Crippen molar-refractivity contribution in [2.24, 2.45) is 0 Å². The molecule has 1 aliphatic carbocycles. The maximum Gasteiger partial charge on any atom is 0.334 e. The standard InChI is InChI=1S/C20H30O4/c1-13-6-5-11-20(4,23)18(21)10-8-14(2)12-17-16(9-7-13)15(3)19(22)24-17/h6,12,17-18,21,23H,5,7-11H2,1-4H3/b13-6+,14-12+/t17-,18-,20-/m0/s1. The average molecular weight is 334 g/mol. The Morgan fingerprint density at radius 1 is 1.17 bits per heavy atom. The Labute approximate surface area is 144 Å². The Bertz CT molecular complexity index is 580. The van der Waals surface area contributed by atoms with E-state index in [1.165, 1.54) is 5.57 Å². The Hall–Kier alpha value is -1.39. The molecule has 24 heavy (non-hydrogen) atoms. The molecule has 0 unspecified atom stereocenters. The van der Waals surface area contributed by atoms with Crippen LogP contribution in [0, 0.1) is 0 Å². The molecule has 1 aliphatic heterocycles. The van der Waals surface area contributed by atoms with Gasteiger partial charge < -0.3 is 14.9 Å². The van der Waals surface area contributed by atoms with Crippen LogP contribution in [0.3, 0.4) is 0 Å². The maximum atomic E-state index is 11.9. The van der Waals surface area contributed by atoms with Gasteiger partial charge in [-0.05, 0) is 77.9 Å². The van der Waals surface area contributed by atoms with Crippen molar-refractivity contribution in [1.82, 2.24) is 0 Å². The summed E-state index contributed by atoms with van der Waals surface area (Å²) in [6, 6.07) is 0. The van der Waals surface area contributed by atoms with Crippen molar-refractivity contribution < 1.29 is 19.7 Å². The fourth-order valence-corrected chi connectivity index (χ4v) is 3.31. The quantitative estimate of drug-likeness (QED) is 0.525. The predicted molar refractivity (Wildman–Crippen MR) is 94.4 cm³/mol. The highest BCUT2D eigenvalue weighted by atomic mass is 16.5. The highest BCUT2D eigenvalue weighted by Gasteiger charge is 2.31. The predicted octanol–water partition coefficient (Wildman–Crippen LogP) is 3.59. The molecule has 0 amide bonds. The minimum atomic E-state index is -1.08. The molecule has 0 aromatic carbocycles. The molecule has 0 radical (unpaired) electrons. The van der Waals surface area contributed by atoms with E-state index >= 15 is 0 Å². The monoisotopic (exact) mass is 334 g/mol. The molecule has 134 valence electrons. The van der Waals surface area contributed by atoms with Crippen molar-refractivity contribution in [1.29, 1.82) is 0 Å². The van der Waals surface area contributed by atoms with Crippen LogP contribution in [0.5, 0.6) is 0 Å². The van der Waals surface area contributed by atoms with Crippen molar-refractivity contribution in [3.63, 3.8) is 0 Å². The van der Waals surface area contributed by atoms with Gasteiger partial charge in [0, 0.05) is 5.57 Å². The van der Waals surface area contributed by atoms with Crippen molar-refractivity contribution >= 4 is 5.97 Å². The molecule has 0 saturated heterocycles. The minimum absolute atomic E-state index is 0.229. The lowest BCUT2D eigenvalue weighted by Gasteiger charge is -2.29. The number of aliphatic hydroxyl groups excluding tert-OH is 1. The van der Waals surface area contributed by atoms with Gasteiger partial charge >= 0.3 is 5.97 Å². The fraction of sp³-hybridized carbons (Fsp3) is 0.650. The van der Waals surface area contributed by atoms with E-state index in [2.05, 4.69) is 13.0 Å². The van der Waals surface area contributed by atoms with Gasteiger partial charge in [-0.2, -0.15) is 0 Å². The van der Waals surface area contributed by atoms with E-state index in [1.54, 1.807) is 6.92 Å². The van der Waals surface area contributed by atoms with Gasteiger partial charge in [-0.1, -0.05) is 17.2 Å². The van der Waals surface area contributed by atoms with Crippen LogP contribution in [0.1, 0.15) is 66.2 Å². The number of rotatable bonds is 0. The first kappa shape index (κ1) is 18.9. The van der Waals surface area contributed by atoms with Gasteiger partial charge in [-0.25, -0.2) is 4.79 Å². The van der Waals surface area contributed by atoms with E-state index in [0.717, 1.165) is 36.0 Å². The molecule has 0 aromatic heterocycles. The smallest absolute Gasteiger partial charge is 0.334 e. The Kier molecular flexibility index (Phi) is 6.05. The molecule has 2 N–H and O–H groups in total. The topological polar surface area (TPSA) is 66.8 Å². The molecular formula is C20H30O4. The van der Waals surface area contributed by atoms with Crippen LogP contribution in [-0.2, 0) is 9.53 Å². The molecule has 0 bridgehead atoms. The lowest BCUT2D eigenvalue weighted by Crippen LogP contribution is -2.39. The summed E-state index contributed by atoms with van der Waals surface area (Å²) in [6.45, 7) is 7.59. The summed E-state index contributed by atoms with van der Waals surface area (Å²) in [5.41, 5.74) is 3.02. The largest absolute Gasteiger partial charge is 0.450 e. The third-order valence-electron chi connectivity index (χ3n) is 5.26. The average Bonchev–Trinajstić information content (AvgIpc) is 2.76. The second-order valence-electron chi connectivity index (χ2n) is 7.49. The normalized spacial score (nSPS) is 37.7. The highest BCUT2D eigenvalue weighted by Crippen LogP contribution is 2.31. The van der Waals surface area contributed by atoms with Crippen LogP contribution >= 0.6 is 0 Å². The number of hydrogen-bond donors (Lipinski definition) is 2. The van der Waals surface area contributed by atoms with Crippen molar-refractivity contribution in [3.8, 4) is 0 Å². The van der Waals surface area contributed by atoms with Crippen LogP contribution in [-0.4, -0.2) is 34.0 Å². The number of esters is 1. The number of allylic oxidation sites excluding steroid dienone is 3. The second kappa shape index (κ2) is 7.66. The minimum Gasteiger partial charge on any atom is -0.450 e. The summed E-state index contributed by atoms with van der Waals surface area (Å²) >= 11 is 0. The number of carbonyl (C=O) groups excluding carboxylic acids is 1. The van der Waals surface area contributed by atoms with Gasteiger partial charge in [0.25, 0.3) is 0 Å². The summed E-state index contributed by atoms with van der Waals surface area (Å²) < 4.78 is 5.49. The fourth-order valence-electron chi connectivity index (χ4n) is 3.31. The number of carbonyl (C=O) groups is 1. The third-order valence-corrected chi connectivity index (χ3v) is 5.26. The zero-order chi connectivity index (χ0) is 17.9. The van der Waals surface area contributed by atoms with Crippen LogP contribution in [0.25, 0.3) is 0 Å². The van der Waals surface area contributed by atoms with Crippen LogP contribution < -0.4 is 0 Å². The molecule has 4 nitrogen and oxygen atoms in total. The third kappa shape index (κ3) is 4.58. The zero-order valence-electron chi connectivity index (χ0n) is 15.3. The lowest BCUT2D eigenvalue weighted by atomic mass is 9.88. The van der Waals surface area contributed by atoms with E-state index in [-0.39, 0.29) is 12.1 Å². The molecule has 2 rings (SSSR count). The van der Waals surface area contributed by atoms with Gasteiger partial charge in [-0.15, -0.1) is 0 Å². The van der Waals surface area contributed by atoms with E-state index in [9.17, 15) is 15.0 Å². The van der Waals surface area contributed by atoms with Crippen LogP contribution in [0.15, 0.2) is 34.4 Å². The number of fused-ring (bicyclic) bond motifs is 1. The summed E-state index contributed by atoms with van der Waals surface area (Å²) in [7, 11) is 0. The van der Waals surface area contributed by atoms with E-state index in [0.29, 0.717) is 19.3 Å². The first-order valence-electron chi connectivity index (χ1n) is 8.84. The van der Waals surface area contributed by atoms with E-state index in [1.807, 2.05) is 19.9 Å². The summed E-state index contributed by atoms with van der Waals surface area (Å²) in [4.78, 5) is 11.9. The molecular weight excluding hydrogens is 304 g/mol. The molecule has 4 heteroatoms. The maximum absolute atomic E-state index is 11.9. The zero-order valence-corrected chi connectivity index (χ0v) is 15.3. The van der Waals surface area contributed by atoms with Crippen molar-refractivity contribution in [3.05, 3.63) is 34.4 Å². The number of ether oxygens (including phenoxy) is 1. The lowest BCUT2D eigenvalue weighted by molar-refractivity contribution is -0.138. The Morgan fingerprint density at radius 2 is 1.88 bits per heavy atom. The van der Waals surface area contributed by atoms with Gasteiger partial charge in [-0.3, -0.25) is 0 Å². The van der Waals surface area contributed by atoms with Gasteiger partial charge in [0.1, 0.15) is 6.10 Å². The summed E-state index contributed by atoms with van der Waals surface area (Å²) in [6.07, 6.45) is 7.19. The van der Waals surface area contributed by atoms with E-state index < -0.39 is 11.7 Å². The number of aliphatic hydroxyl groups is 2. The molecule has 0 aromatic rings. The van der Waals surface area contributed by atoms with E-state index in [4.69, 9.17) is 4.74 Å².